The molecule has 1 aliphatic heterocycles. The van der Waals surface area contributed by atoms with Crippen LogP contribution < -0.4 is 21.7 Å². The predicted molar refractivity (Wildman–Crippen MR) is 73.2 cm³/mol. The van der Waals surface area contributed by atoms with Gasteiger partial charge in [0.2, 0.25) is 5.91 Å². The van der Waals surface area contributed by atoms with Crippen molar-refractivity contribution in [1.29, 1.82) is 0 Å². The van der Waals surface area contributed by atoms with Gasteiger partial charge in [-0.05, 0) is 6.07 Å². The van der Waals surface area contributed by atoms with Crippen LogP contribution in [0.15, 0.2) is 12.3 Å². The molecule has 20 heavy (non-hydrogen) atoms. The van der Waals surface area contributed by atoms with Gasteiger partial charge in [0.15, 0.2) is 0 Å². The molecule has 2 amide bonds. The van der Waals surface area contributed by atoms with Gasteiger partial charge >= 0.3 is 0 Å². The van der Waals surface area contributed by atoms with Gasteiger partial charge in [0.25, 0.3) is 5.91 Å². The second-order valence-electron chi connectivity index (χ2n) is 4.40. The number of hydrogen-bond donors (Lipinski definition) is 3. The Labute approximate surface area is 116 Å². The third-order valence-electron chi connectivity index (χ3n) is 3.10. The van der Waals surface area contributed by atoms with Gasteiger partial charge in [-0.2, -0.15) is 0 Å². The lowest BCUT2D eigenvalue weighted by molar-refractivity contribution is -0.124. The first-order valence-corrected chi connectivity index (χ1v) is 6.16. The summed E-state index contributed by atoms with van der Waals surface area (Å²) in [6, 6.07) is 0.907. The molecule has 1 aliphatic rings. The lowest BCUT2D eigenvalue weighted by Crippen LogP contribution is -2.54. The summed E-state index contributed by atoms with van der Waals surface area (Å²) in [5, 5.41) is 2.57. The number of nitrogen functional groups attached to an aromatic ring is 1. The van der Waals surface area contributed by atoms with Gasteiger partial charge in [0, 0.05) is 13.6 Å². The molecular formula is C12H17N5O3. The summed E-state index contributed by atoms with van der Waals surface area (Å²) in [7, 11) is 1.54. The Morgan fingerprint density at radius 2 is 2.30 bits per heavy atom. The second-order valence-corrected chi connectivity index (χ2v) is 4.40. The topological polar surface area (TPSA) is 124 Å². The Morgan fingerprint density at radius 1 is 1.55 bits per heavy atom. The first-order valence-electron chi connectivity index (χ1n) is 6.16. The number of primary amides is 1. The van der Waals surface area contributed by atoms with E-state index in [4.69, 9.17) is 16.2 Å². The van der Waals surface area contributed by atoms with Crippen LogP contribution in [0.3, 0.4) is 0 Å². The molecule has 0 aromatic carbocycles. The molecule has 2 rings (SSSR count). The van der Waals surface area contributed by atoms with Crippen LogP contribution in [0.1, 0.15) is 10.4 Å². The zero-order valence-corrected chi connectivity index (χ0v) is 11.1. The normalized spacial score (nSPS) is 18.6. The Bertz CT molecular complexity index is 534. The third kappa shape index (κ3) is 2.64. The number of nitrogens with zero attached hydrogens (tertiary/aromatic N) is 2. The molecule has 1 aromatic heterocycles. The number of anilines is 2. The van der Waals surface area contributed by atoms with Gasteiger partial charge in [0.05, 0.1) is 30.7 Å². The lowest BCUT2D eigenvalue weighted by atomic mass is 10.1. The standard InChI is InChI=1S/C12H17N5O3/c1-15-12(19)9-6-20-3-2-17(9)11-8(10(14)18)4-7(13)5-16-11/h4-5,9H,2-3,6,13H2,1H3,(H2,14,18)(H,15,19). The Balaban J connectivity index is 2.42. The Morgan fingerprint density at radius 3 is 2.95 bits per heavy atom. The summed E-state index contributed by atoms with van der Waals surface area (Å²) in [6.07, 6.45) is 1.43. The maximum absolute atomic E-state index is 11.9. The largest absolute Gasteiger partial charge is 0.397 e. The van der Waals surface area contributed by atoms with E-state index in [-0.39, 0.29) is 18.1 Å². The van der Waals surface area contributed by atoms with E-state index in [0.29, 0.717) is 24.7 Å². The highest BCUT2D eigenvalue weighted by Gasteiger charge is 2.31. The van der Waals surface area contributed by atoms with Crippen molar-refractivity contribution >= 4 is 23.3 Å². The number of rotatable bonds is 3. The molecule has 0 bridgehead atoms. The minimum Gasteiger partial charge on any atom is -0.397 e. The van der Waals surface area contributed by atoms with E-state index in [1.165, 1.54) is 12.3 Å². The van der Waals surface area contributed by atoms with Crippen molar-refractivity contribution in [3.63, 3.8) is 0 Å². The smallest absolute Gasteiger partial charge is 0.252 e. The van der Waals surface area contributed by atoms with Crippen molar-refractivity contribution in [2.24, 2.45) is 5.73 Å². The molecule has 0 spiro atoms. The first kappa shape index (κ1) is 14.1. The van der Waals surface area contributed by atoms with Crippen molar-refractivity contribution in [2.45, 2.75) is 6.04 Å². The first-order chi connectivity index (χ1) is 9.54. The van der Waals surface area contributed by atoms with Gasteiger partial charge in [-0.15, -0.1) is 0 Å². The van der Waals surface area contributed by atoms with Gasteiger partial charge in [-0.1, -0.05) is 0 Å². The summed E-state index contributed by atoms with van der Waals surface area (Å²) in [5.41, 5.74) is 11.5. The molecule has 108 valence electrons. The van der Waals surface area contributed by atoms with Crippen molar-refractivity contribution in [3.05, 3.63) is 17.8 Å². The average Bonchev–Trinajstić information content (AvgIpc) is 2.46. The molecule has 8 nitrogen and oxygen atoms in total. The highest BCUT2D eigenvalue weighted by atomic mass is 16.5. The van der Waals surface area contributed by atoms with Crippen LogP contribution in [0.4, 0.5) is 11.5 Å². The van der Waals surface area contributed by atoms with Crippen LogP contribution in [0, 0.1) is 0 Å². The summed E-state index contributed by atoms with van der Waals surface area (Å²) < 4.78 is 5.31. The molecule has 0 radical (unpaired) electrons. The highest BCUT2D eigenvalue weighted by Crippen LogP contribution is 2.23. The number of ether oxygens (including phenoxy) is 1. The highest BCUT2D eigenvalue weighted by molar-refractivity contribution is 5.99. The van der Waals surface area contributed by atoms with E-state index in [9.17, 15) is 9.59 Å². The van der Waals surface area contributed by atoms with Crippen molar-refractivity contribution in [3.8, 4) is 0 Å². The fourth-order valence-corrected chi connectivity index (χ4v) is 2.12. The Hall–Kier alpha value is -2.35. The van der Waals surface area contributed by atoms with E-state index in [0.717, 1.165) is 0 Å². The number of carbonyl (C=O) groups excluding carboxylic acids is 2. The zero-order chi connectivity index (χ0) is 14.7. The van der Waals surface area contributed by atoms with Crippen molar-refractivity contribution in [2.75, 3.05) is 37.4 Å². The summed E-state index contributed by atoms with van der Waals surface area (Å²) in [5.74, 6) is -0.496. The van der Waals surface area contributed by atoms with Gasteiger partial charge in [-0.25, -0.2) is 4.98 Å². The number of morpholine rings is 1. The maximum atomic E-state index is 11.9. The van der Waals surface area contributed by atoms with E-state index >= 15 is 0 Å². The summed E-state index contributed by atoms with van der Waals surface area (Å²) in [6.45, 7) is 1.11. The molecule has 1 atom stereocenters. The Kier molecular flexibility index (Phi) is 4.04. The minimum atomic E-state index is -0.637. The lowest BCUT2D eigenvalue weighted by Gasteiger charge is -2.35. The van der Waals surface area contributed by atoms with Crippen LogP contribution in [0.25, 0.3) is 0 Å². The van der Waals surface area contributed by atoms with E-state index in [2.05, 4.69) is 10.3 Å². The molecule has 8 heteroatoms. The molecule has 2 heterocycles. The quantitative estimate of drug-likeness (QED) is 0.632. The molecule has 5 N–H and O–H groups in total. The van der Waals surface area contributed by atoms with Crippen LogP contribution in [-0.4, -0.2) is 49.6 Å². The SMILES string of the molecule is CNC(=O)C1COCCN1c1ncc(N)cc1C(N)=O. The average molecular weight is 279 g/mol. The fraction of sp³-hybridized carbons (Fsp3) is 0.417. The molecule has 1 fully saturated rings. The number of carbonyl (C=O) groups is 2. The summed E-state index contributed by atoms with van der Waals surface area (Å²) in [4.78, 5) is 29.3. The van der Waals surface area contributed by atoms with Gasteiger partial charge in [-0.3, -0.25) is 9.59 Å². The fourth-order valence-electron chi connectivity index (χ4n) is 2.12. The predicted octanol–water partition coefficient (Wildman–Crippen LogP) is -1.29. The van der Waals surface area contributed by atoms with Gasteiger partial charge in [0.1, 0.15) is 11.9 Å². The number of amides is 2. The van der Waals surface area contributed by atoms with Crippen LogP contribution >= 0.6 is 0 Å². The molecular weight excluding hydrogens is 262 g/mol. The number of likely N-dealkylation sites (N-methyl/N-ethyl adjacent to an activating group) is 1. The third-order valence-corrected chi connectivity index (χ3v) is 3.10. The van der Waals surface area contributed by atoms with E-state index in [1.807, 2.05) is 0 Å². The van der Waals surface area contributed by atoms with E-state index < -0.39 is 11.9 Å². The number of aromatic nitrogens is 1. The number of hydrogen-bond acceptors (Lipinski definition) is 6. The van der Waals surface area contributed by atoms with Gasteiger partial charge < -0.3 is 26.4 Å². The van der Waals surface area contributed by atoms with Crippen LogP contribution in [0.2, 0.25) is 0 Å². The number of nitrogens with one attached hydrogen (secondary N) is 1. The maximum Gasteiger partial charge on any atom is 0.252 e. The van der Waals surface area contributed by atoms with Crippen LogP contribution in [0.5, 0.6) is 0 Å². The van der Waals surface area contributed by atoms with E-state index in [1.54, 1.807) is 11.9 Å². The van der Waals surface area contributed by atoms with Crippen LogP contribution in [-0.2, 0) is 9.53 Å². The molecule has 1 saturated heterocycles. The molecule has 0 saturated carbocycles. The number of nitrogens with two attached hydrogens (primary N) is 2. The summed E-state index contributed by atoms with van der Waals surface area (Å²) >= 11 is 0. The number of pyridine rings is 1. The molecule has 1 aromatic rings. The molecule has 0 aliphatic carbocycles. The second kappa shape index (κ2) is 5.74. The zero-order valence-electron chi connectivity index (χ0n) is 11.1. The van der Waals surface area contributed by atoms with Crippen molar-refractivity contribution < 1.29 is 14.3 Å². The molecule has 1 unspecified atom stereocenters. The van der Waals surface area contributed by atoms with Crippen molar-refractivity contribution in [1.82, 2.24) is 10.3 Å². The monoisotopic (exact) mass is 279 g/mol. The minimum absolute atomic E-state index is 0.195.